The van der Waals surface area contributed by atoms with Crippen molar-refractivity contribution < 1.29 is 19.2 Å². The molecular weight excluding hydrogens is 372 g/mol. The number of nitrogens with one attached hydrogen (secondary N) is 1. The summed E-state index contributed by atoms with van der Waals surface area (Å²) in [5.74, 6) is -1.37. The maximum absolute atomic E-state index is 12.9. The summed E-state index contributed by atoms with van der Waals surface area (Å²) < 4.78 is 0. The lowest BCUT2D eigenvalue weighted by Gasteiger charge is -2.27. The van der Waals surface area contributed by atoms with E-state index in [1.165, 1.54) is 12.8 Å². The van der Waals surface area contributed by atoms with Crippen LogP contribution in [0.25, 0.3) is 0 Å². The SMILES string of the molecule is NC12CCCC1CN(Cc1ccc3c(c1)C(=O)N(C1CCC(=O)NC1=O)C3=O)C2. The van der Waals surface area contributed by atoms with Crippen molar-refractivity contribution in [1.29, 1.82) is 0 Å². The third kappa shape index (κ3) is 2.89. The fraction of sp³-hybridized carbons (Fsp3) is 0.524. The van der Waals surface area contributed by atoms with Gasteiger partial charge in [0, 0.05) is 31.6 Å². The van der Waals surface area contributed by atoms with Crippen LogP contribution in [0.4, 0.5) is 0 Å². The number of carbonyl (C=O) groups excluding carboxylic acids is 4. The Morgan fingerprint density at radius 3 is 2.66 bits per heavy atom. The summed E-state index contributed by atoms with van der Waals surface area (Å²) >= 11 is 0. The fourth-order valence-electron chi connectivity index (χ4n) is 5.44. The van der Waals surface area contributed by atoms with E-state index in [4.69, 9.17) is 5.73 Å². The highest BCUT2D eigenvalue weighted by molar-refractivity contribution is 6.23. The first-order chi connectivity index (χ1) is 13.9. The van der Waals surface area contributed by atoms with E-state index in [1.807, 2.05) is 6.07 Å². The van der Waals surface area contributed by atoms with E-state index >= 15 is 0 Å². The Bertz CT molecular complexity index is 945. The van der Waals surface area contributed by atoms with Gasteiger partial charge in [0.15, 0.2) is 0 Å². The van der Waals surface area contributed by atoms with Gasteiger partial charge in [-0.1, -0.05) is 12.5 Å². The molecule has 3 N–H and O–H groups in total. The van der Waals surface area contributed by atoms with Crippen molar-refractivity contribution in [3.63, 3.8) is 0 Å². The summed E-state index contributed by atoms with van der Waals surface area (Å²) in [7, 11) is 0. The molecule has 3 fully saturated rings. The molecular formula is C21H24N4O4. The van der Waals surface area contributed by atoms with E-state index in [0.29, 0.717) is 23.6 Å². The molecule has 4 amide bonds. The van der Waals surface area contributed by atoms with Crippen molar-refractivity contribution in [3.05, 3.63) is 34.9 Å². The number of hydrogen-bond acceptors (Lipinski definition) is 6. The Hall–Kier alpha value is -2.58. The molecule has 0 aromatic heterocycles. The molecule has 3 aliphatic heterocycles. The zero-order valence-corrected chi connectivity index (χ0v) is 16.1. The summed E-state index contributed by atoms with van der Waals surface area (Å²) in [5.41, 5.74) is 8.07. The van der Waals surface area contributed by atoms with Crippen molar-refractivity contribution in [3.8, 4) is 0 Å². The lowest BCUT2D eigenvalue weighted by Crippen LogP contribution is -2.54. The average molecular weight is 396 g/mol. The van der Waals surface area contributed by atoms with Crippen molar-refractivity contribution in [2.24, 2.45) is 11.7 Å². The predicted molar refractivity (Wildman–Crippen MR) is 103 cm³/mol. The molecule has 4 aliphatic rings. The molecule has 152 valence electrons. The normalized spacial score (nSPS) is 32.0. The largest absolute Gasteiger partial charge is 0.324 e. The number of benzene rings is 1. The maximum Gasteiger partial charge on any atom is 0.262 e. The number of hydrogen-bond donors (Lipinski definition) is 2. The van der Waals surface area contributed by atoms with Gasteiger partial charge < -0.3 is 5.73 Å². The van der Waals surface area contributed by atoms with Gasteiger partial charge in [-0.2, -0.15) is 0 Å². The minimum absolute atomic E-state index is 0.0922. The molecule has 2 saturated heterocycles. The van der Waals surface area contributed by atoms with Crippen LogP contribution in [0.1, 0.15) is 58.4 Å². The van der Waals surface area contributed by atoms with E-state index in [0.717, 1.165) is 30.0 Å². The summed E-state index contributed by atoms with van der Waals surface area (Å²) in [5, 5.41) is 2.21. The van der Waals surface area contributed by atoms with E-state index < -0.39 is 23.8 Å². The molecule has 29 heavy (non-hydrogen) atoms. The number of nitrogens with zero attached hydrogens (tertiary/aromatic N) is 2. The molecule has 8 nitrogen and oxygen atoms in total. The van der Waals surface area contributed by atoms with Crippen LogP contribution in [0.5, 0.6) is 0 Å². The van der Waals surface area contributed by atoms with Crippen LogP contribution in [0, 0.1) is 5.92 Å². The van der Waals surface area contributed by atoms with Gasteiger partial charge >= 0.3 is 0 Å². The molecule has 0 radical (unpaired) electrons. The van der Waals surface area contributed by atoms with Crippen LogP contribution in [-0.4, -0.2) is 58.1 Å². The lowest BCUT2D eigenvalue weighted by atomic mass is 9.92. The monoisotopic (exact) mass is 396 g/mol. The second-order valence-electron chi connectivity index (χ2n) is 8.82. The van der Waals surface area contributed by atoms with E-state index in [2.05, 4.69) is 10.2 Å². The van der Waals surface area contributed by atoms with Gasteiger partial charge in [-0.15, -0.1) is 0 Å². The Morgan fingerprint density at radius 1 is 1.10 bits per heavy atom. The zero-order valence-electron chi connectivity index (χ0n) is 16.1. The lowest BCUT2D eigenvalue weighted by molar-refractivity contribution is -0.136. The van der Waals surface area contributed by atoms with Crippen molar-refractivity contribution in [2.45, 2.75) is 50.2 Å². The molecule has 3 heterocycles. The fourth-order valence-corrected chi connectivity index (χ4v) is 5.44. The van der Waals surface area contributed by atoms with Crippen molar-refractivity contribution >= 4 is 23.6 Å². The summed E-state index contributed by atoms with van der Waals surface area (Å²) in [6.45, 7) is 2.50. The van der Waals surface area contributed by atoms with Crippen molar-refractivity contribution in [2.75, 3.05) is 13.1 Å². The second-order valence-corrected chi connectivity index (χ2v) is 8.82. The Kier molecular flexibility index (Phi) is 4.11. The topological polar surface area (TPSA) is 113 Å². The minimum atomic E-state index is -0.932. The molecule has 0 bridgehead atoms. The van der Waals surface area contributed by atoms with Gasteiger partial charge in [0.2, 0.25) is 11.8 Å². The molecule has 5 rings (SSSR count). The number of piperidine rings is 1. The number of carbonyl (C=O) groups is 4. The number of fused-ring (bicyclic) bond motifs is 2. The molecule has 1 aliphatic carbocycles. The average Bonchev–Trinajstić information content (AvgIpc) is 3.24. The van der Waals surface area contributed by atoms with Gasteiger partial charge in [-0.05, 0) is 42.9 Å². The van der Waals surface area contributed by atoms with Crippen LogP contribution in [0.15, 0.2) is 18.2 Å². The minimum Gasteiger partial charge on any atom is -0.324 e. The van der Waals surface area contributed by atoms with Crippen LogP contribution < -0.4 is 11.1 Å². The van der Waals surface area contributed by atoms with Gasteiger partial charge in [0.05, 0.1) is 11.1 Å². The molecule has 0 spiro atoms. The van der Waals surface area contributed by atoms with Crippen LogP contribution in [-0.2, 0) is 16.1 Å². The van der Waals surface area contributed by atoms with Crippen LogP contribution in [0.3, 0.4) is 0 Å². The van der Waals surface area contributed by atoms with Crippen molar-refractivity contribution in [1.82, 2.24) is 15.1 Å². The molecule has 1 saturated carbocycles. The molecule has 8 heteroatoms. The van der Waals surface area contributed by atoms with Gasteiger partial charge in [-0.3, -0.25) is 34.3 Å². The molecule has 1 aromatic carbocycles. The van der Waals surface area contributed by atoms with Gasteiger partial charge in [-0.25, -0.2) is 0 Å². The van der Waals surface area contributed by atoms with Crippen LogP contribution in [0.2, 0.25) is 0 Å². The third-order valence-corrected chi connectivity index (χ3v) is 6.91. The summed E-state index contributed by atoms with van der Waals surface area (Å²) in [4.78, 5) is 52.6. The summed E-state index contributed by atoms with van der Waals surface area (Å²) in [6, 6.07) is 4.37. The number of nitrogens with two attached hydrogens (primary N) is 1. The predicted octanol–water partition coefficient (Wildman–Crippen LogP) is 0.401. The van der Waals surface area contributed by atoms with E-state index in [-0.39, 0.29) is 24.3 Å². The highest BCUT2D eigenvalue weighted by Gasteiger charge is 2.47. The number of imide groups is 2. The first kappa shape index (κ1) is 18.4. The molecule has 3 unspecified atom stereocenters. The molecule has 1 aromatic rings. The molecule has 3 atom stereocenters. The smallest absolute Gasteiger partial charge is 0.262 e. The maximum atomic E-state index is 12.9. The number of rotatable bonds is 3. The Labute approximate surface area is 168 Å². The Balaban J connectivity index is 1.35. The first-order valence-corrected chi connectivity index (χ1v) is 10.2. The number of likely N-dealkylation sites (tertiary alicyclic amines) is 1. The van der Waals surface area contributed by atoms with E-state index in [1.54, 1.807) is 12.1 Å². The Morgan fingerprint density at radius 2 is 1.90 bits per heavy atom. The third-order valence-electron chi connectivity index (χ3n) is 6.91. The summed E-state index contributed by atoms with van der Waals surface area (Å²) in [6.07, 6.45) is 3.71. The quantitative estimate of drug-likeness (QED) is 0.715. The van der Waals surface area contributed by atoms with Gasteiger partial charge in [0.25, 0.3) is 11.8 Å². The van der Waals surface area contributed by atoms with E-state index in [9.17, 15) is 19.2 Å². The highest BCUT2D eigenvalue weighted by atomic mass is 16.2. The standard InChI is InChI=1S/C21H24N4O4/c22-21-7-1-2-13(21)10-24(11-21)9-12-3-4-14-15(8-12)20(29)25(19(14)28)16-5-6-17(26)23-18(16)27/h3-4,8,13,16H,1-2,5-7,9-11,22H2,(H,23,26,27). The first-order valence-electron chi connectivity index (χ1n) is 10.2. The number of amides is 4. The zero-order chi connectivity index (χ0) is 20.3. The second kappa shape index (κ2) is 6.47. The van der Waals surface area contributed by atoms with Crippen LogP contribution >= 0.6 is 0 Å². The van der Waals surface area contributed by atoms with Gasteiger partial charge in [0.1, 0.15) is 6.04 Å². The highest BCUT2D eigenvalue weighted by Crippen LogP contribution is 2.40.